The van der Waals surface area contributed by atoms with Gasteiger partial charge in [0, 0.05) is 16.7 Å². The van der Waals surface area contributed by atoms with Crippen molar-refractivity contribution in [1.82, 2.24) is 0 Å². The Balaban J connectivity index is 1.50. The van der Waals surface area contributed by atoms with E-state index >= 15 is 0 Å². The number of hydrogen-bond donors (Lipinski definition) is 0. The summed E-state index contributed by atoms with van der Waals surface area (Å²) in [4.78, 5) is 12.7. The number of carbonyl (C=O) groups is 1. The molecule has 0 atom stereocenters. The third-order valence-electron chi connectivity index (χ3n) is 4.89. The van der Waals surface area contributed by atoms with Gasteiger partial charge in [-0.3, -0.25) is 4.79 Å². The quantitative estimate of drug-likeness (QED) is 0.446. The fraction of sp³-hybridized carbons (Fsp3) is 0.160. The normalized spacial score (nSPS) is 14.2. The maximum absolute atomic E-state index is 12.7. The van der Waals surface area contributed by atoms with Gasteiger partial charge in [0.2, 0.25) is 5.78 Å². The number of rotatable bonds is 5. The van der Waals surface area contributed by atoms with Crippen molar-refractivity contribution in [1.29, 1.82) is 0 Å². The molecule has 1 aliphatic heterocycles. The van der Waals surface area contributed by atoms with Gasteiger partial charge in [0.25, 0.3) is 0 Å². The Hall–Kier alpha value is -3.04. The van der Waals surface area contributed by atoms with Gasteiger partial charge in [0.1, 0.15) is 18.1 Å². The smallest absolute Gasteiger partial charge is 0.231 e. The molecule has 0 spiro atoms. The van der Waals surface area contributed by atoms with Crippen molar-refractivity contribution < 1.29 is 14.3 Å². The van der Waals surface area contributed by atoms with Crippen LogP contribution in [-0.2, 0) is 6.61 Å². The van der Waals surface area contributed by atoms with Gasteiger partial charge in [-0.2, -0.15) is 0 Å². The van der Waals surface area contributed by atoms with Crippen LogP contribution in [0.5, 0.6) is 11.5 Å². The molecule has 3 aromatic carbocycles. The predicted molar refractivity (Wildman–Crippen MR) is 116 cm³/mol. The summed E-state index contributed by atoms with van der Waals surface area (Å²) in [5.41, 5.74) is 3.63. The number of hydrogen-bond acceptors (Lipinski definition) is 3. The molecule has 0 unspecified atom stereocenters. The van der Waals surface area contributed by atoms with Gasteiger partial charge in [-0.05, 0) is 41.3 Å². The van der Waals surface area contributed by atoms with Crippen LogP contribution in [0.3, 0.4) is 0 Å². The number of halogens is 1. The van der Waals surface area contributed by atoms with Gasteiger partial charge in [0.15, 0.2) is 5.76 Å². The highest BCUT2D eigenvalue weighted by Crippen LogP contribution is 2.35. The first-order valence-electron chi connectivity index (χ1n) is 9.56. The molecule has 1 heterocycles. The third kappa shape index (κ3) is 4.20. The Morgan fingerprint density at radius 2 is 1.79 bits per heavy atom. The molecular weight excluding hydrogens is 384 g/mol. The Morgan fingerprint density at radius 1 is 1.03 bits per heavy atom. The van der Waals surface area contributed by atoms with E-state index in [1.807, 2.05) is 36.4 Å². The summed E-state index contributed by atoms with van der Waals surface area (Å²) in [7, 11) is 0. The maximum atomic E-state index is 12.7. The summed E-state index contributed by atoms with van der Waals surface area (Å²) in [6.07, 6.45) is 1.77. The Morgan fingerprint density at radius 3 is 2.52 bits per heavy atom. The lowest BCUT2D eigenvalue weighted by molar-refractivity contribution is 0.101. The summed E-state index contributed by atoms with van der Waals surface area (Å²) >= 11 is 6.17. The summed E-state index contributed by atoms with van der Waals surface area (Å²) < 4.78 is 11.7. The molecule has 0 N–H and O–H groups in total. The van der Waals surface area contributed by atoms with E-state index in [1.165, 1.54) is 5.56 Å². The van der Waals surface area contributed by atoms with Crippen LogP contribution in [0.2, 0.25) is 5.02 Å². The Bertz CT molecular complexity index is 1080. The highest BCUT2D eigenvalue weighted by atomic mass is 35.5. The fourth-order valence-corrected chi connectivity index (χ4v) is 3.35. The van der Waals surface area contributed by atoms with E-state index in [9.17, 15) is 4.79 Å². The molecule has 0 aliphatic carbocycles. The molecule has 0 aromatic heterocycles. The minimum atomic E-state index is -0.120. The average molecular weight is 405 g/mol. The van der Waals surface area contributed by atoms with Crippen molar-refractivity contribution in [3.63, 3.8) is 0 Å². The van der Waals surface area contributed by atoms with Crippen molar-refractivity contribution in [2.24, 2.45) is 0 Å². The van der Waals surface area contributed by atoms with Crippen LogP contribution in [0, 0.1) is 0 Å². The summed E-state index contributed by atoms with van der Waals surface area (Å²) in [6.45, 7) is 4.65. The second-order valence-corrected chi connectivity index (χ2v) is 7.71. The maximum Gasteiger partial charge on any atom is 0.231 e. The zero-order valence-electron chi connectivity index (χ0n) is 16.3. The van der Waals surface area contributed by atoms with Crippen molar-refractivity contribution >= 4 is 23.5 Å². The van der Waals surface area contributed by atoms with Crippen molar-refractivity contribution in [3.05, 3.63) is 99.8 Å². The van der Waals surface area contributed by atoms with Crippen LogP contribution in [0.25, 0.3) is 6.08 Å². The average Bonchev–Trinajstić information content (AvgIpc) is 3.02. The van der Waals surface area contributed by atoms with Crippen LogP contribution in [-0.4, -0.2) is 5.78 Å². The molecule has 3 nitrogen and oxygen atoms in total. The van der Waals surface area contributed by atoms with E-state index < -0.39 is 0 Å². The van der Waals surface area contributed by atoms with Crippen molar-refractivity contribution in [2.75, 3.05) is 0 Å². The van der Waals surface area contributed by atoms with E-state index in [0.717, 1.165) is 11.1 Å². The molecular formula is C25H21ClO3. The fourth-order valence-electron chi connectivity index (χ4n) is 3.16. The van der Waals surface area contributed by atoms with Gasteiger partial charge >= 0.3 is 0 Å². The van der Waals surface area contributed by atoms with Crippen LogP contribution < -0.4 is 9.47 Å². The number of carbonyl (C=O) groups excluding carboxylic acids is 1. The van der Waals surface area contributed by atoms with Crippen LogP contribution in [0.15, 0.2) is 72.5 Å². The van der Waals surface area contributed by atoms with Crippen molar-refractivity contribution in [2.45, 2.75) is 26.4 Å². The molecule has 146 valence electrons. The summed E-state index contributed by atoms with van der Waals surface area (Å²) in [5, 5.41) is 0.661. The number of Topliss-reactive ketones (excluding diaryl/α,β-unsaturated/α-hetero) is 1. The minimum Gasteiger partial charge on any atom is -0.489 e. The van der Waals surface area contributed by atoms with E-state index in [2.05, 4.69) is 26.0 Å². The molecule has 0 bridgehead atoms. The molecule has 0 amide bonds. The molecule has 1 aliphatic rings. The second-order valence-electron chi connectivity index (χ2n) is 7.30. The lowest BCUT2D eigenvalue weighted by Gasteiger charge is -2.08. The van der Waals surface area contributed by atoms with Crippen molar-refractivity contribution in [3.8, 4) is 11.5 Å². The number of allylic oxidation sites excluding steroid dienone is 1. The van der Waals surface area contributed by atoms with Crippen LogP contribution in [0.1, 0.15) is 46.8 Å². The minimum absolute atomic E-state index is 0.120. The predicted octanol–water partition coefficient (Wildman–Crippen LogP) is 6.66. The molecule has 29 heavy (non-hydrogen) atoms. The number of ketones is 1. The highest BCUT2D eigenvalue weighted by Gasteiger charge is 2.27. The summed E-state index contributed by atoms with van der Waals surface area (Å²) in [5.74, 6) is 1.80. The van der Waals surface area contributed by atoms with E-state index in [-0.39, 0.29) is 5.78 Å². The zero-order valence-corrected chi connectivity index (χ0v) is 17.1. The molecule has 0 saturated heterocycles. The number of benzene rings is 3. The third-order valence-corrected chi connectivity index (χ3v) is 5.26. The molecule has 0 saturated carbocycles. The lowest BCUT2D eigenvalue weighted by Crippen LogP contribution is -1.98. The van der Waals surface area contributed by atoms with Gasteiger partial charge < -0.3 is 9.47 Å². The monoisotopic (exact) mass is 404 g/mol. The second kappa shape index (κ2) is 8.14. The van der Waals surface area contributed by atoms with Gasteiger partial charge in [-0.25, -0.2) is 0 Å². The zero-order chi connectivity index (χ0) is 20.4. The molecule has 3 aromatic rings. The molecule has 4 rings (SSSR count). The SMILES string of the molecule is CC(C)c1ccc(C=C2Oc3cc(OCc4ccccc4Cl)ccc3C2=O)cc1. The first kappa shape index (κ1) is 19.3. The molecule has 0 fully saturated rings. The topological polar surface area (TPSA) is 35.5 Å². The number of ether oxygens (including phenoxy) is 2. The van der Waals surface area contributed by atoms with Crippen LogP contribution in [0.4, 0.5) is 0 Å². The highest BCUT2D eigenvalue weighted by molar-refractivity contribution is 6.31. The first-order valence-corrected chi connectivity index (χ1v) is 9.93. The van der Waals surface area contributed by atoms with Crippen LogP contribution >= 0.6 is 11.6 Å². The van der Waals surface area contributed by atoms with Gasteiger partial charge in [0.05, 0.1) is 5.56 Å². The Labute approximate surface area is 175 Å². The van der Waals surface area contributed by atoms with E-state index in [1.54, 1.807) is 24.3 Å². The summed E-state index contributed by atoms with van der Waals surface area (Å²) in [6, 6.07) is 20.9. The number of fused-ring (bicyclic) bond motifs is 1. The largest absolute Gasteiger partial charge is 0.489 e. The first-order chi connectivity index (χ1) is 14.0. The molecule has 0 radical (unpaired) electrons. The standard InChI is InChI=1S/C25H21ClO3/c1-16(2)18-9-7-17(8-10-18)13-24-25(27)21-12-11-20(14-23(21)29-24)28-15-19-5-3-4-6-22(19)26/h3-14,16H,15H2,1-2H3. The molecule has 4 heteroatoms. The van der Waals surface area contributed by atoms with Gasteiger partial charge in [-0.1, -0.05) is 67.9 Å². The lowest BCUT2D eigenvalue weighted by atomic mass is 10.0. The van der Waals surface area contributed by atoms with E-state index in [4.69, 9.17) is 21.1 Å². The Kier molecular flexibility index (Phi) is 5.41. The van der Waals surface area contributed by atoms with E-state index in [0.29, 0.717) is 40.4 Å². The van der Waals surface area contributed by atoms with Gasteiger partial charge in [-0.15, -0.1) is 0 Å².